The summed E-state index contributed by atoms with van der Waals surface area (Å²) in [6.45, 7) is 1.87. The van der Waals surface area contributed by atoms with Crippen molar-refractivity contribution in [3.8, 4) is 11.8 Å². The second kappa shape index (κ2) is 3.52. The summed E-state index contributed by atoms with van der Waals surface area (Å²) in [6.07, 6.45) is 0. The Balaban J connectivity index is 2.52. The number of rotatable bonds is 0. The molecule has 0 aliphatic carbocycles. The molecule has 0 radical (unpaired) electrons. The van der Waals surface area contributed by atoms with Gasteiger partial charge in [-0.3, -0.25) is 5.10 Å². The van der Waals surface area contributed by atoms with Crippen LogP contribution in [0.25, 0.3) is 10.9 Å². The zero-order valence-corrected chi connectivity index (χ0v) is 7.83. The van der Waals surface area contributed by atoms with Crippen LogP contribution in [0.15, 0.2) is 18.2 Å². The standard InChI is InChI=1S/C11H10N2O/c1-8-10-5-4-9(3-2-6-14)7-11(10)13-12-8/h4-5,7,14H,6H2,1H3,(H,12,13). The Morgan fingerprint density at radius 2 is 2.36 bits per heavy atom. The highest BCUT2D eigenvalue weighted by atomic mass is 16.2. The van der Waals surface area contributed by atoms with E-state index in [1.54, 1.807) is 0 Å². The van der Waals surface area contributed by atoms with Crippen molar-refractivity contribution in [2.75, 3.05) is 6.61 Å². The molecule has 0 aliphatic rings. The normalized spacial score (nSPS) is 9.86. The van der Waals surface area contributed by atoms with Crippen molar-refractivity contribution in [2.24, 2.45) is 0 Å². The van der Waals surface area contributed by atoms with Gasteiger partial charge >= 0.3 is 0 Å². The molecule has 0 bridgehead atoms. The third-order valence-electron chi connectivity index (χ3n) is 2.06. The fourth-order valence-corrected chi connectivity index (χ4v) is 1.36. The predicted octanol–water partition coefficient (Wildman–Crippen LogP) is 1.22. The fourth-order valence-electron chi connectivity index (χ4n) is 1.36. The summed E-state index contributed by atoms with van der Waals surface area (Å²) in [4.78, 5) is 0. The van der Waals surface area contributed by atoms with Crippen LogP contribution in [0.4, 0.5) is 0 Å². The third-order valence-corrected chi connectivity index (χ3v) is 2.06. The maximum absolute atomic E-state index is 8.55. The number of aliphatic hydroxyl groups excluding tert-OH is 1. The molecular formula is C11H10N2O. The van der Waals surface area contributed by atoms with E-state index in [1.165, 1.54) is 0 Å². The summed E-state index contributed by atoms with van der Waals surface area (Å²) in [6, 6.07) is 5.81. The number of hydrogen-bond acceptors (Lipinski definition) is 2. The first-order chi connectivity index (χ1) is 6.81. The molecule has 2 aromatic rings. The van der Waals surface area contributed by atoms with Crippen molar-refractivity contribution in [1.29, 1.82) is 0 Å². The van der Waals surface area contributed by atoms with Gasteiger partial charge in [0.15, 0.2) is 0 Å². The highest BCUT2D eigenvalue weighted by molar-refractivity contribution is 5.82. The molecule has 1 heterocycles. The van der Waals surface area contributed by atoms with Crippen LogP contribution < -0.4 is 0 Å². The summed E-state index contributed by atoms with van der Waals surface area (Å²) < 4.78 is 0. The zero-order valence-electron chi connectivity index (χ0n) is 7.83. The lowest BCUT2D eigenvalue weighted by atomic mass is 10.1. The Morgan fingerprint density at radius 1 is 1.50 bits per heavy atom. The van der Waals surface area contributed by atoms with E-state index >= 15 is 0 Å². The Bertz CT molecular complexity index is 517. The second-order valence-electron chi connectivity index (χ2n) is 3.04. The van der Waals surface area contributed by atoms with E-state index in [4.69, 9.17) is 5.11 Å². The van der Waals surface area contributed by atoms with Gasteiger partial charge in [-0.05, 0) is 25.1 Å². The van der Waals surface area contributed by atoms with Crippen molar-refractivity contribution >= 4 is 10.9 Å². The predicted molar refractivity (Wildman–Crippen MR) is 54.8 cm³/mol. The number of benzene rings is 1. The maximum Gasteiger partial charge on any atom is 0.104 e. The van der Waals surface area contributed by atoms with Gasteiger partial charge in [0, 0.05) is 16.6 Å². The minimum atomic E-state index is -0.113. The molecule has 0 saturated carbocycles. The van der Waals surface area contributed by atoms with Crippen LogP contribution in [-0.2, 0) is 0 Å². The Hall–Kier alpha value is -1.79. The first kappa shape index (κ1) is 8.79. The minimum Gasteiger partial charge on any atom is -0.384 e. The van der Waals surface area contributed by atoms with E-state index in [1.807, 2.05) is 25.1 Å². The summed E-state index contributed by atoms with van der Waals surface area (Å²) in [5.74, 6) is 5.45. The molecule has 0 saturated heterocycles. The number of nitrogens with zero attached hydrogens (tertiary/aromatic N) is 1. The molecule has 0 spiro atoms. The summed E-state index contributed by atoms with van der Waals surface area (Å²) in [5.41, 5.74) is 2.84. The molecule has 0 atom stereocenters. The van der Waals surface area contributed by atoms with E-state index in [0.717, 1.165) is 22.2 Å². The van der Waals surface area contributed by atoms with E-state index < -0.39 is 0 Å². The molecule has 0 fully saturated rings. The van der Waals surface area contributed by atoms with Crippen molar-refractivity contribution < 1.29 is 5.11 Å². The zero-order chi connectivity index (χ0) is 9.97. The summed E-state index contributed by atoms with van der Waals surface area (Å²) in [5, 5.41) is 16.7. The summed E-state index contributed by atoms with van der Waals surface area (Å²) in [7, 11) is 0. The largest absolute Gasteiger partial charge is 0.384 e. The Kier molecular flexibility index (Phi) is 2.21. The maximum atomic E-state index is 8.55. The highest BCUT2D eigenvalue weighted by Gasteiger charge is 2.00. The average Bonchev–Trinajstić information content (AvgIpc) is 2.57. The molecule has 14 heavy (non-hydrogen) atoms. The van der Waals surface area contributed by atoms with Gasteiger partial charge in [0.25, 0.3) is 0 Å². The van der Waals surface area contributed by atoms with E-state index in [2.05, 4.69) is 22.0 Å². The average molecular weight is 186 g/mol. The first-order valence-electron chi connectivity index (χ1n) is 4.36. The number of aryl methyl sites for hydroxylation is 1. The van der Waals surface area contributed by atoms with Crippen LogP contribution >= 0.6 is 0 Å². The van der Waals surface area contributed by atoms with Crippen molar-refractivity contribution in [1.82, 2.24) is 10.2 Å². The van der Waals surface area contributed by atoms with Gasteiger partial charge < -0.3 is 5.11 Å². The van der Waals surface area contributed by atoms with Crippen LogP contribution in [0.1, 0.15) is 11.3 Å². The van der Waals surface area contributed by atoms with Gasteiger partial charge in [-0.2, -0.15) is 5.10 Å². The van der Waals surface area contributed by atoms with Crippen LogP contribution in [0, 0.1) is 18.8 Å². The van der Waals surface area contributed by atoms with E-state index in [-0.39, 0.29) is 6.61 Å². The van der Waals surface area contributed by atoms with Crippen molar-refractivity contribution in [2.45, 2.75) is 6.92 Å². The lowest BCUT2D eigenvalue weighted by molar-refractivity contribution is 0.350. The molecule has 2 N–H and O–H groups in total. The van der Waals surface area contributed by atoms with Crippen LogP contribution in [0.3, 0.4) is 0 Å². The van der Waals surface area contributed by atoms with Gasteiger partial charge in [-0.25, -0.2) is 0 Å². The highest BCUT2D eigenvalue weighted by Crippen LogP contribution is 2.15. The van der Waals surface area contributed by atoms with Crippen LogP contribution in [0.5, 0.6) is 0 Å². The Labute approximate surface area is 81.8 Å². The lowest BCUT2D eigenvalue weighted by Crippen LogP contribution is -1.77. The molecule has 0 amide bonds. The van der Waals surface area contributed by atoms with E-state index in [0.29, 0.717) is 0 Å². The van der Waals surface area contributed by atoms with Crippen molar-refractivity contribution in [3.05, 3.63) is 29.5 Å². The third kappa shape index (κ3) is 1.48. The number of hydrogen-bond donors (Lipinski definition) is 2. The molecule has 1 aromatic carbocycles. The van der Waals surface area contributed by atoms with Gasteiger partial charge in [0.05, 0.1) is 5.52 Å². The smallest absolute Gasteiger partial charge is 0.104 e. The van der Waals surface area contributed by atoms with Crippen LogP contribution in [0.2, 0.25) is 0 Å². The number of aromatic nitrogens is 2. The summed E-state index contributed by atoms with van der Waals surface area (Å²) >= 11 is 0. The minimum absolute atomic E-state index is 0.113. The molecule has 70 valence electrons. The van der Waals surface area contributed by atoms with E-state index in [9.17, 15) is 0 Å². The molecular weight excluding hydrogens is 176 g/mol. The van der Waals surface area contributed by atoms with Gasteiger partial charge in [0.2, 0.25) is 0 Å². The lowest BCUT2D eigenvalue weighted by Gasteiger charge is -1.90. The number of H-pyrrole nitrogens is 1. The SMILES string of the molecule is Cc1[nH]nc2cc(C#CCO)ccc12. The molecule has 3 nitrogen and oxygen atoms in total. The second-order valence-corrected chi connectivity index (χ2v) is 3.04. The number of aliphatic hydroxyl groups is 1. The first-order valence-corrected chi connectivity index (χ1v) is 4.36. The molecule has 0 unspecified atom stereocenters. The molecule has 3 heteroatoms. The monoisotopic (exact) mass is 186 g/mol. The van der Waals surface area contributed by atoms with Crippen LogP contribution in [-0.4, -0.2) is 21.9 Å². The van der Waals surface area contributed by atoms with Gasteiger partial charge in [-0.15, -0.1) is 0 Å². The molecule has 0 aliphatic heterocycles. The number of nitrogens with one attached hydrogen (secondary N) is 1. The van der Waals surface area contributed by atoms with Crippen molar-refractivity contribution in [3.63, 3.8) is 0 Å². The number of aromatic amines is 1. The Morgan fingerprint density at radius 3 is 3.14 bits per heavy atom. The topological polar surface area (TPSA) is 48.9 Å². The molecule has 1 aromatic heterocycles. The van der Waals surface area contributed by atoms with Gasteiger partial charge in [0.1, 0.15) is 6.61 Å². The molecule has 2 rings (SSSR count). The van der Waals surface area contributed by atoms with Gasteiger partial charge in [-0.1, -0.05) is 11.8 Å². The quantitative estimate of drug-likeness (QED) is 0.608. The fraction of sp³-hybridized carbons (Fsp3) is 0.182. The number of fused-ring (bicyclic) bond motifs is 1.